The van der Waals surface area contributed by atoms with Crippen molar-refractivity contribution in [3.8, 4) is 0 Å². The van der Waals surface area contributed by atoms with Crippen LogP contribution in [0.2, 0.25) is 0 Å². The summed E-state index contributed by atoms with van der Waals surface area (Å²) in [6, 6.07) is 3.89. The molecule has 5 nitrogen and oxygen atoms in total. The first-order chi connectivity index (χ1) is 8.95. The van der Waals surface area contributed by atoms with Crippen molar-refractivity contribution < 1.29 is 9.90 Å². The Morgan fingerprint density at radius 3 is 2.84 bits per heavy atom. The minimum Gasteiger partial charge on any atom is -0.397 e. The van der Waals surface area contributed by atoms with Gasteiger partial charge in [-0.05, 0) is 44.4 Å². The molecule has 0 saturated carbocycles. The number of carbonyl (C=O) groups excluding carboxylic acids is 1. The molecule has 2 atom stereocenters. The molecule has 1 aliphatic heterocycles. The maximum atomic E-state index is 11.4. The molecule has 0 spiro atoms. The summed E-state index contributed by atoms with van der Waals surface area (Å²) in [5.74, 6) is 0.0419. The SMILES string of the molecule is CC(O)CC(C)Nc1cc2c(cc1N)CCC(=O)N2. The van der Waals surface area contributed by atoms with Crippen LogP contribution in [0.3, 0.4) is 0 Å². The first-order valence-electron chi connectivity index (χ1n) is 6.62. The first kappa shape index (κ1) is 13.7. The van der Waals surface area contributed by atoms with Gasteiger partial charge >= 0.3 is 0 Å². The van der Waals surface area contributed by atoms with E-state index in [1.165, 1.54) is 0 Å². The van der Waals surface area contributed by atoms with Gasteiger partial charge in [-0.3, -0.25) is 4.79 Å². The van der Waals surface area contributed by atoms with E-state index in [2.05, 4.69) is 10.6 Å². The number of anilines is 3. The quantitative estimate of drug-likeness (QED) is 0.623. The summed E-state index contributed by atoms with van der Waals surface area (Å²) in [4.78, 5) is 11.4. The predicted molar refractivity (Wildman–Crippen MR) is 77.2 cm³/mol. The lowest BCUT2D eigenvalue weighted by atomic mass is 10.0. The maximum Gasteiger partial charge on any atom is 0.224 e. The average Bonchev–Trinajstić information content (AvgIpc) is 2.29. The number of carbonyl (C=O) groups is 1. The van der Waals surface area contributed by atoms with E-state index in [0.717, 1.165) is 23.4 Å². The third-order valence-corrected chi connectivity index (χ3v) is 3.27. The average molecular weight is 263 g/mol. The fraction of sp³-hybridized carbons (Fsp3) is 0.500. The van der Waals surface area contributed by atoms with Gasteiger partial charge in [-0.25, -0.2) is 0 Å². The summed E-state index contributed by atoms with van der Waals surface area (Å²) in [6.45, 7) is 3.75. The van der Waals surface area contributed by atoms with Crippen molar-refractivity contribution >= 4 is 23.0 Å². The van der Waals surface area contributed by atoms with E-state index in [1.807, 2.05) is 19.1 Å². The van der Waals surface area contributed by atoms with Crippen molar-refractivity contribution in [2.24, 2.45) is 0 Å². The molecule has 2 rings (SSSR count). The largest absolute Gasteiger partial charge is 0.397 e. The van der Waals surface area contributed by atoms with Crippen molar-refractivity contribution in [1.82, 2.24) is 0 Å². The fourth-order valence-electron chi connectivity index (χ4n) is 2.41. The number of benzene rings is 1. The van der Waals surface area contributed by atoms with Crippen LogP contribution >= 0.6 is 0 Å². The molecule has 1 aliphatic rings. The Morgan fingerprint density at radius 1 is 1.42 bits per heavy atom. The lowest BCUT2D eigenvalue weighted by Gasteiger charge is -2.22. The van der Waals surface area contributed by atoms with Gasteiger partial charge in [0.25, 0.3) is 0 Å². The van der Waals surface area contributed by atoms with Crippen LogP contribution < -0.4 is 16.4 Å². The number of aryl methyl sites for hydroxylation is 1. The molecule has 1 heterocycles. The van der Waals surface area contributed by atoms with Crippen LogP contribution in [0.1, 0.15) is 32.3 Å². The van der Waals surface area contributed by atoms with Crippen molar-refractivity contribution in [3.63, 3.8) is 0 Å². The lowest BCUT2D eigenvalue weighted by Crippen LogP contribution is -2.23. The standard InChI is InChI=1S/C14H21N3O2/c1-8(5-9(2)18)16-13-7-12-10(6-11(13)15)3-4-14(19)17-12/h6-9,16,18H,3-5,15H2,1-2H3,(H,17,19). The van der Waals surface area contributed by atoms with E-state index in [0.29, 0.717) is 18.5 Å². The minimum absolute atomic E-state index is 0.0419. The molecule has 0 aliphatic carbocycles. The van der Waals surface area contributed by atoms with Gasteiger partial charge in [-0.1, -0.05) is 0 Å². The second-order valence-electron chi connectivity index (χ2n) is 5.27. The molecule has 1 aromatic carbocycles. The second kappa shape index (κ2) is 5.48. The van der Waals surface area contributed by atoms with Gasteiger partial charge in [0, 0.05) is 18.2 Å². The van der Waals surface area contributed by atoms with E-state index < -0.39 is 0 Å². The van der Waals surface area contributed by atoms with Crippen LogP contribution in [-0.2, 0) is 11.2 Å². The number of nitrogens with one attached hydrogen (secondary N) is 2. The van der Waals surface area contributed by atoms with E-state index in [4.69, 9.17) is 5.73 Å². The van der Waals surface area contributed by atoms with E-state index in [1.54, 1.807) is 6.92 Å². The molecular weight excluding hydrogens is 242 g/mol. The minimum atomic E-state index is -0.360. The number of hydrogen-bond donors (Lipinski definition) is 4. The molecular formula is C14H21N3O2. The van der Waals surface area contributed by atoms with Crippen LogP contribution in [0.25, 0.3) is 0 Å². The van der Waals surface area contributed by atoms with Crippen LogP contribution in [0.4, 0.5) is 17.1 Å². The van der Waals surface area contributed by atoms with Crippen LogP contribution in [0.15, 0.2) is 12.1 Å². The Morgan fingerprint density at radius 2 is 2.16 bits per heavy atom. The van der Waals surface area contributed by atoms with Crippen molar-refractivity contribution in [3.05, 3.63) is 17.7 Å². The van der Waals surface area contributed by atoms with E-state index in [9.17, 15) is 9.90 Å². The number of amides is 1. The monoisotopic (exact) mass is 263 g/mol. The van der Waals surface area contributed by atoms with Gasteiger partial charge in [0.05, 0.1) is 17.5 Å². The van der Waals surface area contributed by atoms with Gasteiger partial charge < -0.3 is 21.5 Å². The topological polar surface area (TPSA) is 87.4 Å². The number of hydrogen-bond acceptors (Lipinski definition) is 4. The maximum absolute atomic E-state index is 11.4. The smallest absolute Gasteiger partial charge is 0.224 e. The molecule has 0 aromatic heterocycles. The van der Waals surface area contributed by atoms with Crippen molar-refractivity contribution in [2.45, 2.75) is 45.3 Å². The molecule has 5 heteroatoms. The van der Waals surface area contributed by atoms with Crippen molar-refractivity contribution in [1.29, 1.82) is 0 Å². The van der Waals surface area contributed by atoms with Gasteiger partial charge in [-0.15, -0.1) is 0 Å². The summed E-state index contributed by atoms with van der Waals surface area (Å²) in [5, 5.41) is 15.5. The second-order valence-corrected chi connectivity index (χ2v) is 5.27. The third kappa shape index (κ3) is 3.38. The summed E-state index contributed by atoms with van der Waals surface area (Å²) in [6.07, 6.45) is 1.52. The Kier molecular flexibility index (Phi) is 3.95. The highest BCUT2D eigenvalue weighted by Crippen LogP contribution is 2.31. The number of nitrogens with two attached hydrogens (primary N) is 1. The molecule has 2 unspecified atom stereocenters. The zero-order chi connectivity index (χ0) is 14.0. The summed E-state index contributed by atoms with van der Waals surface area (Å²) in [7, 11) is 0. The molecule has 0 saturated heterocycles. The van der Waals surface area contributed by atoms with Crippen LogP contribution in [0.5, 0.6) is 0 Å². The predicted octanol–water partition coefficient (Wildman–Crippen LogP) is 1.72. The number of aliphatic hydroxyl groups excluding tert-OH is 1. The summed E-state index contributed by atoms with van der Waals surface area (Å²) < 4.78 is 0. The van der Waals surface area contributed by atoms with Crippen LogP contribution in [-0.4, -0.2) is 23.2 Å². The molecule has 1 aromatic rings. The zero-order valence-electron chi connectivity index (χ0n) is 11.4. The highest BCUT2D eigenvalue weighted by molar-refractivity contribution is 5.95. The Balaban J connectivity index is 2.17. The third-order valence-electron chi connectivity index (χ3n) is 3.27. The van der Waals surface area contributed by atoms with E-state index in [-0.39, 0.29) is 18.1 Å². The molecule has 104 valence electrons. The molecule has 19 heavy (non-hydrogen) atoms. The van der Waals surface area contributed by atoms with Gasteiger partial charge in [0.15, 0.2) is 0 Å². The number of aliphatic hydroxyl groups is 1. The highest BCUT2D eigenvalue weighted by atomic mass is 16.3. The van der Waals surface area contributed by atoms with Crippen LogP contribution in [0, 0.1) is 0 Å². The molecule has 0 bridgehead atoms. The Bertz CT molecular complexity index is 486. The molecule has 0 radical (unpaired) electrons. The van der Waals surface area contributed by atoms with Gasteiger partial charge in [0.1, 0.15) is 0 Å². The number of rotatable bonds is 4. The molecule has 0 fully saturated rings. The van der Waals surface area contributed by atoms with Gasteiger partial charge in [0.2, 0.25) is 5.91 Å². The van der Waals surface area contributed by atoms with Crippen molar-refractivity contribution in [2.75, 3.05) is 16.4 Å². The highest BCUT2D eigenvalue weighted by Gasteiger charge is 2.17. The first-order valence-corrected chi connectivity index (χ1v) is 6.62. The number of fused-ring (bicyclic) bond motifs is 1. The Labute approximate surface area is 113 Å². The zero-order valence-corrected chi connectivity index (χ0v) is 11.4. The fourth-order valence-corrected chi connectivity index (χ4v) is 2.41. The summed E-state index contributed by atoms with van der Waals surface area (Å²) >= 11 is 0. The summed E-state index contributed by atoms with van der Waals surface area (Å²) in [5.41, 5.74) is 9.40. The molecule has 5 N–H and O–H groups in total. The number of nitrogen functional groups attached to an aromatic ring is 1. The van der Waals surface area contributed by atoms with Gasteiger partial charge in [-0.2, -0.15) is 0 Å². The Hall–Kier alpha value is -1.75. The molecule has 1 amide bonds. The lowest BCUT2D eigenvalue weighted by molar-refractivity contribution is -0.116. The normalized spacial score (nSPS) is 17.3. The van der Waals surface area contributed by atoms with E-state index >= 15 is 0 Å².